The van der Waals surface area contributed by atoms with Crippen LogP contribution < -0.4 is 0 Å². The average molecular weight is 356 g/mol. The number of aliphatic carboxylic acids is 1. The third-order valence-corrected chi connectivity index (χ3v) is 4.10. The van der Waals surface area contributed by atoms with Gasteiger partial charge in [-0.1, -0.05) is 29.8 Å². The molecule has 0 aliphatic rings. The van der Waals surface area contributed by atoms with E-state index in [1.165, 1.54) is 24.3 Å². The van der Waals surface area contributed by atoms with Crippen LogP contribution in [0.1, 0.15) is 11.1 Å². The number of halogens is 1. The lowest BCUT2D eigenvalue weighted by molar-refractivity contribution is -0.131. The lowest BCUT2D eigenvalue weighted by Crippen LogP contribution is -1.96. The highest BCUT2D eigenvalue weighted by atomic mass is 32.2. The zero-order chi connectivity index (χ0) is 17.8. The van der Waals surface area contributed by atoms with Gasteiger partial charge >= 0.3 is 5.97 Å². The van der Waals surface area contributed by atoms with E-state index in [9.17, 15) is 14.3 Å². The van der Waals surface area contributed by atoms with E-state index >= 15 is 0 Å². The Hall–Kier alpha value is -2.93. The Morgan fingerprint density at radius 2 is 1.96 bits per heavy atom. The molecule has 0 saturated carbocycles. The second kappa shape index (κ2) is 7.31. The second-order valence-corrected chi connectivity index (χ2v) is 6.20. The minimum Gasteiger partial charge on any atom is -0.477 e. The molecule has 0 amide bonds. The molecule has 0 unspecified atom stereocenters. The number of aryl methyl sites for hydroxylation is 1. The number of carbonyl (C=O) groups is 1. The minimum absolute atomic E-state index is 0.0555. The first-order valence-corrected chi connectivity index (χ1v) is 8.12. The zero-order valence-electron chi connectivity index (χ0n) is 13.1. The van der Waals surface area contributed by atoms with Crippen molar-refractivity contribution in [3.8, 4) is 11.5 Å². The smallest absolute Gasteiger partial charge is 0.342 e. The standard InChI is InChI=1S/C18H13FN2O3S/c1-11-3-2-4-12(9-11)10-15(17(22)23)25-18-21-20-16(24-18)13-5-7-14(19)8-6-13/h2-10H,1H3,(H,22,23)/b15-10+. The van der Waals surface area contributed by atoms with Gasteiger partial charge in [0.2, 0.25) is 5.89 Å². The molecule has 126 valence electrons. The molecule has 0 fully saturated rings. The highest BCUT2D eigenvalue weighted by Gasteiger charge is 2.16. The van der Waals surface area contributed by atoms with Crippen molar-refractivity contribution in [2.75, 3.05) is 0 Å². The van der Waals surface area contributed by atoms with E-state index in [2.05, 4.69) is 10.2 Å². The summed E-state index contributed by atoms with van der Waals surface area (Å²) in [5.41, 5.74) is 2.35. The third-order valence-electron chi connectivity index (χ3n) is 3.25. The Morgan fingerprint density at radius 3 is 2.64 bits per heavy atom. The molecule has 0 radical (unpaired) electrons. The predicted octanol–water partition coefficient (Wildman–Crippen LogP) is 4.40. The molecule has 0 saturated heterocycles. The Bertz CT molecular complexity index is 936. The van der Waals surface area contributed by atoms with Crippen molar-refractivity contribution in [3.05, 3.63) is 70.4 Å². The fourth-order valence-electron chi connectivity index (χ4n) is 2.10. The van der Waals surface area contributed by atoms with Gasteiger partial charge in [0.1, 0.15) is 10.7 Å². The van der Waals surface area contributed by atoms with Gasteiger partial charge in [-0.05, 0) is 54.6 Å². The van der Waals surface area contributed by atoms with E-state index in [1.807, 2.05) is 31.2 Å². The summed E-state index contributed by atoms with van der Waals surface area (Å²) in [6, 6.07) is 13.1. The summed E-state index contributed by atoms with van der Waals surface area (Å²) in [7, 11) is 0. The van der Waals surface area contributed by atoms with Crippen LogP contribution in [0.15, 0.2) is 63.1 Å². The van der Waals surface area contributed by atoms with Crippen molar-refractivity contribution in [2.24, 2.45) is 0 Å². The van der Waals surface area contributed by atoms with Crippen molar-refractivity contribution in [3.63, 3.8) is 0 Å². The Labute approximate surface area is 147 Å². The van der Waals surface area contributed by atoms with Crippen LogP contribution in [0.2, 0.25) is 0 Å². The summed E-state index contributed by atoms with van der Waals surface area (Å²) in [6.07, 6.45) is 1.54. The molecule has 3 aromatic rings. The number of aromatic nitrogens is 2. The quantitative estimate of drug-likeness (QED) is 0.539. The van der Waals surface area contributed by atoms with E-state index in [0.717, 1.165) is 22.9 Å². The Morgan fingerprint density at radius 1 is 1.20 bits per heavy atom. The van der Waals surface area contributed by atoms with Gasteiger partial charge in [-0.2, -0.15) is 0 Å². The van der Waals surface area contributed by atoms with E-state index in [0.29, 0.717) is 5.56 Å². The first-order chi connectivity index (χ1) is 12.0. The maximum absolute atomic E-state index is 13.0. The topological polar surface area (TPSA) is 76.2 Å². The van der Waals surface area contributed by atoms with Gasteiger partial charge in [-0.3, -0.25) is 0 Å². The lowest BCUT2D eigenvalue weighted by atomic mass is 10.1. The Kier molecular flexibility index (Phi) is 4.95. The summed E-state index contributed by atoms with van der Waals surface area (Å²) in [6.45, 7) is 1.93. The third kappa shape index (κ3) is 4.33. The maximum atomic E-state index is 13.0. The molecule has 1 aromatic heterocycles. The molecule has 25 heavy (non-hydrogen) atoms. The minimum atomic E-state index is -1.09. The SMILES string of the molecule is Cc1cccc(/C=C(/Sc2nnc(-c3ccc(F)cc3)o2)C(=O)O)c1. The number of benzene rings is 2. The second-order valence-electron chi connectivity index (χ2n) is 5.21. The van der Waals surface area contributed by atoms with Crippen molar-refractivity contribution in [1.82, 2.24) is 10.2 Å². The fraction of sp³-hybridized carbons (Fsp3) is 0.0556. The fourth-order valence-corrected chi connectivity index (χ4v) is 2.77. The van der Waals surface area contributed by atoms with E-state index < -0.39 is 5.97 Å². The van der Waals surface area contributed by atoms with Crippen LogP contribution in [0, 0.1) is 12.7 Å². The monoisotopic (exact) mass is 356 g/mol. The van der Waals surface area contributed by atoms with Gasteiger partial charge in [-0.15, -0.1) is 10.2 Å². The maximum Gasteiger partial charge on any atom is 0.342 e. The highest BCUT2D eigenvalue weighted by molar-refractivity contribution is 8.03. The van der Waals surface area contributed by atoms with Crippen LogP contribution in [-0.2, 0) is 4.79 Å². The number of carboxylic acids is 1. The lowest BCUT2D eigenvalue weighted by Gasteiger charge is -2.00. The van der Waals surface area contributed by atoms with Gasteiger partial charge in [0.15, 0.2) is 0 Å². The molecule has 5 nitrogen and oxygen atoms in total. The molecule has 0 aliphatic heterocycles. The van der Waals surface area contributed by atoms with Gasteiger partial charge in [-0.25, -0.2) is 9.18 Å². The number of hydrogen-bond acceptors (Lipinski definition) is 5. The van der Waals surface area contributed by atoms with Crippen LogP contribution >= 0.6 is 11.8 Å². The molecule has 0 aliphatic carbocycles. The molecule has 3 rings (SSSR count). The van der Waals surface area contributed by atoms with Crippen molar-refractivity contribution in [2.45, 2.75) is 12.1 Å². The van der Waals surface area contributed by atoms with Crippen LogP contribution in [0.3, 0.4) is 0 Å². The molecule has 1 heterocycles. The predicted molar refractivity (Wildman–Crippen MR) is 92.3 cm³/mol. The van der Waals surface area contributed by atoms with E-state index in [-0.39, 0.29) is 21.8 Å². The largest absolute Gasteiger partial charge is 0.477 e. The van der Waals surface area contributed by atoms with Gasteiger partial charge < -0.3 is 9.52 Å². The van der Waals surface area contributed by atoms with E-state index in [4.69, 9.17) is 4.42 Å². The molecule has 0 atom stereocenters. The van der Waals surface area contributed by atoms with Crippen LogP contribution in [0.4, 0.5) is 4.39 Å². The summed E-state index contributed by atoms with van der Waals surface area (Å²) in [4.78, 5) is 11.5. The average Bonchev–Trinajstić information content (AvgIpc) is 3.03. The van der Waals surface area contributed by atoms with Gasteiger partial charge in [0.25, 0.3) is 5.22 Å². The van der Waals surface area contributed by atoms with Crippen LogP contribution in [-0.4, -0.2) is 21.3 Å². The highest BCUT2D eigenvalue weighted by Crippen LogP contribution is 2.30. The van der Waals surface area contributed by atoms with Crippen molar-refractivity contribution in [1.29, 1.82) is 0 Å². The van der Waals surface area contributed by atoms with Crippen LogP contribution in [0.5, 0.6) is 0 Å². The Balaban J connectivity index is 1.84. The zero-order valence-corrected chi connectivity index (χ0v) is 14.0. The first-order valence-electron chi connectivity index (χ1n) is 7.30. The molecule has 2 aromatic carbocycles. The molecule has 0 bridgehead atoms. The summed E-state index contributed by atoms with van der Waals surface area (Å²) in [5, 5.41) is 17.2. The number of nitrogens with zero attached hydrogens (tertiary/aromatic N) is 2. The van der Waals surface area contributed by atoms with Crippen LogP contribution in [0.25, 0.3) is 17.5 Å². The molecule has 7 heteroatoms. The molecule has 0 spiro atoms. The number of carboxylic acid groups (broad SMARTS) is 1. The summed E-state index contributed by atoms with van der Waals surface area (Å²) < 4.78 is 18.4. The normalized spacial score (nSPS) is 11.5. The van der Waals surface area contributed by atoms with Crippen molar-refractivity contribution >= 4 is 23.8 Å². The molecular formula is C18H13FN2O3S. The van der Waals surface area contributed by atoms with Crippen molar-refractivity contribution < 1.29 is 18.7 Å². The van der Waals surface area contributed by atoms with Gasteiger partial charge in [0.05, 0.1) is 0 Å². The number of thioether (sulfide) groups is 1. The number of hydrogen-bond donors (Lipinski definition) is 1. The number of rotatable bonds is 5. The van der Waals surface area contributed by atoms with E-state index in [1.54, 1.807) is 6.08 Å². The molecule has 1 N–H and O–H groups in total. The summed E-state index contributed by atoms with van der Waals surface area (Å²) >= 11 is 0.863. The van der Waals surface area contributed by atoms with Gasteiger partial charge in [0, 0.05) is 5.56 Å². The summed E-state index contributed by atoms with van der Waals surface area (Å²) in [5.74, 6) is -1.26. The first kappa shape index (κ1) is 16.9. The molecular weight excluding hydrogens is 343 g/mol.